The van der Waals surface area contributed by atoms with Crippen LogP contribution in [0.3, 0.4) is 0 Å². The van der Waals surface area contributed by atoms with Gasteiger partial charge in [0.05, 0.1) is 11.2 Å². The molecule has 0 spiro atoms. The minimum atomic E-state index is -0.0602. The molecule has 1 atom stereocenters. The third-order valence-electron chi connectivity index (χ3n) is 4.54. The Balaban J connectivity index is 2.02. The molecular weight excluding hydrogens is 223 g/mol. The molecule has 2 aliphatic rings. The zero-order valence-electron chi connectivity index (χ0n) is 12.8. The first kappa shape index (κ1) is 14.4. The van der Waals surface area contributed by atoms with E-state index in [2.05, 4.69) is 34.6 Å². The molecule has 1 heterocycles. The maximum atomic E-state index is 6.20. The second-order valence-electron chi connectivity index (χ2n) is 7.56. The van der Waals surface area contributed by atoms with Gasteiger partial charge in [-0.25, -0.2) is 0 Å². The van der Waals surface area contributed by atoms with E-state index in [1.54, 1.807) is 0 Å². The lowest BCUT2D eigenvalue weighted by molar-refractivity contribution is -0.0816. The van der Waals surface area contributed by atoms with Crippen molar-refractivity contribution in [2.75, 3.05) is 0 Å². The summed E-state index contributed by atoms with van der Waals surface area (Å²) >= 11 is 0. The Morgan fingerprint density at radius 3 is 1.94 bits per heavy atom. The summed E-state index contributed by atoms with van der Waals surface area (Å²) in [5.74, 6) is 1.30. The maximum absolute atomic E-state index is 6.20. The molecule has 1 saturated carbocycles. The van der Waals surface area contributed by atoms with E-state index in [0.29, 0.717) is 5.82 Å². The summed E-state index contributed by atoms with van der Waals surface area (Å²) in [5.41, 5.74) is -0.120. The molecule has 1 aliphatic heterocycles. The van der Waals surface area contributed by atoms with E-state index in [-0.39, 0.29) is 18.3 Å². The van der Waals surface area contributed by atoms with E-state index < -0.39 is 0 Å². The predicted molar refractivity (Wildman–Crippen MR) is 76.7 cm³/mol. The molecule has 0 aromatic heterocycles. The fourth-order valence-electron chi connectivity index (χ4n) is 3.86. The highest BCUT2D eigenvalue weighted by molar-refractivity contribution is 6.46. The van der Waals surface area contributed by atoms with Gasteiger partial charge in [-0.2, -0.15) is 0 Å². The Morgan fingerprint density at radius 2 is 1.44 bits per heavy atom. The van der Waals surface area contributed by atoms with Crippen LogP contribution >= 0.6 is 0 Å². The maximum Gasteiger partial charge on any atom is 0.460 e. The second-order valence-corrected chi connectivity index (χ2v) is 7.56. The molecule has 1 aliphatic carbocycles. The Kier molecular flexibility index (Phi) is 4.13. The monoisotopic (exact) mass is 252 g/mol. The van der Waals surface area contributed by atoms with Crippen molar-refractivity contribution in [1.29, 1.82) is 0 Å². The summed E-state index contributed by atoms with van der Waals surface area (Å²) < 4.78 is 12.4. The van der Waals surface area contributed by atoms with Crippen molar-refractivity contribution in [3.63, 3.8) is 0 Å². The molecule has 0 aromatic rings. The Bertz CT molecular complexity index is 266. The molecule has 0 bridgehead atoms. The van der Waals surface area contributed by atoms with E-state index >= 15 is 0 Å². The number of rotatable bonds is 2. The second kappa shape index (κ2) is 5.17. The first-order valence-electron chi connectivity index (χ1n) is 7.65. The summed E-state index contributed by atoms with van der Waals surface area (Å²) in [6.45, 7) is 11.1. The highest BCUT2D eigenvalue weighted by atomic mass is 16.6. The third kappa shape index (κ3) is 3.51. The van der Waals surface area contributed by atoms with Crippen LogP contribution in [0, 0.1) is 5.92 Å². The molecule has 3 heteroatoms. The van der Waals surface area contributed by atoms with Crippen molar-refractivity contribution in [2.24, 2.45) is 5.92 Å². The van der Waals surface area contributed by atoms with Crippen LogP contribution in [0.2, 0.25) is 5.82 Å². The Morgan fingerprint density at radius 1 is 0.944 bits per heavy atom. The quantitative estimate of drug-likeness (QED) is 0.676. The van der Waals surface area contributed by atoms with Crippen molar-refractivity contribution in [1.82, 2.24) is 0 Å². The lowest BCUT2D eigenvalue weighted by atomic mass is 9.60. The van der Waals surface area contributed by atoms with Crippen LogP contribution in [0.1, 0.15) is 73.1 Å². The topological polar surface area (TPSA) is 18.5 Å². The van der Waals surface area contributed by atoms with Crippen molar-refractivity contribution >= 4 is 7.12 Å². The minimum absolute atomic E-state index is 0.0214. The third-order valence-corrected chi connectivity index (χ3v) is 4.54. The average molecular weight is 252 g/mol. The van der Waals surface area contributed by atoms with Crippen LogP contribution < -0.4 is 0 Å². The number of hydrogen-bond donors (Lipinski definition) is 0. The molecule has 1 saturated heterocycles. The van der Waals surface area contributed by atoms with Crippen LogP contribution in [0.4, 0.5) is 0 Å². The molecule has 104 valence electrons. The molecule has 2 rings (SSSR count). The van der Waals surface area contributed by atoms with Crippen LogP contribution in [0.15, 0.2) is 0 Å². The van der Waals surface area contributed by atoms with Gasteiger partial charge >= 0.3 is 7.12 Å². The zero-order chi connectivity index (χ0) is 13.4. The van der Waals surface area contributed by atoms with E-state index in [4.69, 9.17) is 9.31 Å². The SMILES string of the molecule is C[C@H](B1OC(C)(C)CC(C)(C)O1)C1CCCCC1. The highest BCUT2D eigenvalue weighted by Crippen LogP contribution is 2.41. The van der Waals surface area contributed by atoms with Gasteiger partial charge in [0.2, 0.25) is 0 Å². The summed E-state index contributed by atoms with van der Waals surface area (Å²) in [4.78, 5) is 0. The van der Waals surface area contributed by atoms with Crippen molar-refractivity contribution in [2.45, 2.75) is 90.2 Å². The van der Waals surface area contributed by atoms with E-state index in [9.17, 15) is 0 Å². The molecule has 0 radical (unpaired) electrons. The van der Waals surface area contributed by atoms with Gasteiger partial charge in [0.25, 0.3) is 0 Å². The van der Waals surface area contributed by atoms with Gasteiger partial charge in [0, 0.05) is 6.42 Å². The van der Waals surface area contributed by atoms with Gasteiger partial charge in [-0.15, -0.1) is 0 Å². The molecule has 0 amide bonds. The summed E-state index contributed by atoms with van der Waals surface area (Å²) in [5, 5.41) is 0. The van der Waals surface area contributed by atoms with Gasteiger partial charge in [-0.1, -0.05) is 39.0 Å². The lowest BCUT2D eigenvalue weighted by Gasteiger charge is -2.47. The Hall–Kier alpha value is -0.0151. The summed E-state index contributed by atoms with van der Waals surface area (Å²) in [7, 11) is -0.0214. The normalized spacial score (nSPS) is 30.2. The first-order chi connectivity index (χ1) is 8.29. The van der Waals surface area contributed by atoms with Crippen LogP contribution in [0.25, 0.3) is 0 Å². The van der Waals surface area contributed by atoms with E-state index in [1.807, 2.05) is 0 Å². The summed E-state index contributed by atoms with van der Waals surface area (Å²) in [6, 6.07) is 0. The molecule has 0 unspecified atom stereocenters. The minimum Gasteiger partial charge on any atom is -0.406 e. The van der Waals surface area contributed by atoms with Gasteiger partial charge in [0.15, 0.2) is 0 Å². The fourth-order valence-corrected chi connectivity index (χ4v) is 3.86. The lowest BCUT2D eigenvalue weighted by Crippen LogP contribution is -2.53. The summed E-state index contributed by atoms with van der Waals surface area (Å²) in [6.07, 6.45) is 7.85. The van der Waals surface area contributed by atoms with Crippen molar-refractivity contribution in [3.05, 3.63) is 0 Å². The van der Waals surface area contributed by atoms with E-state index in [0.717, 1.165) is 12.3 Å². The predicted octanol–water partition coefficient (Wildman–Crippen LogP) is 4.44. The molecule has 0 N–H and O–H groups in total. The van der Waals surface area contributed by atoms with Gasteiger partial charge in [-0.3, -0.25) is 0 Å². The standard InChI is InChI=1S/C15H29BO2/c1-12(13-9-7-6-8-10-13)16-17-14(2,3)11-15(4,5)18-16/h12-13H,6-11H2,1-5H3/t12-/m0/s1. The molecular formula is C15H29BO2. The van der Waals surface area contributed by atoms with Crippen LogP contribution in [-0.2, 0) is 9.31 Å². The molecule has 18 heavy (non-hydrogen) atoms. The van der Waals surface area contributed by atoms with Gasteiger partial charge in [-0.05, 0) is 39.4 Å². The zero-order valence-corrected chi connectivity index (χ0v) is 12.8. The average Bonchev–Trinajstić information content (AvgIpc) is 2.25. The number of hydrogen-bond acceptors (Lipinski definition) is 2. The smallest absolute Gasteiger partial charge is 0.406 e. The fraction of sp³-hybridized carbons (Fsp3) is 1.00. The van der Waals surface area contributed by atoms with E-state index in [1.165, 1.54) is 32.1 Å². The molecule has 2 fully saturated rings. The highest BCUT2D eigenvalue weighted by Gasteiger charge is 2.46. The van der Waals surface area contributed by atoms with Crippen molar-refractivity contribution in [3.8, 4) is 0 Å². The van der Waals surface area contributed by atoms with Crippen LogP contribution in [-0.4, -0.2) is 18.3 Å². The van der Waals surface area contributed by atoms with Crippen molar-refractivity contribution < 1.29 is 9.31 Å². The first-order valence-corrected chi connectivity index (χ1v) is 7.65. The molecule has 2 nitrogen and oxygen atoms in total. The largest absolute Gasteiger partial charge is 0.460 e. The molecule has 0 aromatic carbocycles. The van der Waals surface area contributed by atoms with Crippen LogP contribution in [0.5, 0.6) is 0 Å². The Labute approximate surface area is 113 Å². The van der Waals surface area contributed by atoms with Gasteiger partial charge in [0.1, 0.15) is 0 Å². The van der Waals surface area contributed by atoms with Gasteiger partial charge < -0.3 is 9.31 Å².